The van der Waals surface area contributed by atoms with Crippen molar-refractivity contribution in [2.45, 2.75) is 12.7 Å². The standard InChI is InChI=1S/C13H19F3N2/c1-17(2)7-8-18(3)10-11-5-4-6-12(9-11)13(14,15)16/h4-6,9H,7-8,10H2,1-3H3. The van der Waals surface area contributed by atoms with Crippen LogP contribution in [0.1, 0.15) is 11.1 Å². The van der Waals surface area contributed by atoms with Gasteiger partial charge in [0.05, 0.1) is 5.56 Å². The predicted molar refractivity (Wildman–Crippen MR) is 66.3 cm³/mol. The summed E-state index contributed by atoms with van der Waals surface area (Å²) in [6.45, 7) is 2.23. The molecule has 0 atom stereocenters. The van der Waals surface area contributed by atoms with E-state index in [1.165, 1.54) is 12.1 Å². The summed E-state index contributed by atoms with van der Waals surface area (Å²) in [5.74, 6) is 0. The number of hydrogen-bond donors (Lipinski definition) is 0. The van der Waals surface area contributed by atoms with Crippen molar-refractivity contribution in [3.63, 3.8) is 0 Å². The van der Waals surface area contributed by atoms with Gasteiger partial charge in [-0.1, -0.05) is 18.2 Å². The summed E-state index contributed by atoms with van der Waals surface area (Å²) >= 11 is 0. The highest BCUT2D eigenvalue weighted by Gasteiger charge is 2.30. The lowest BCUT2D eigenvalue weighted by Gasteiger charge is -2.19. The van der Waals surface area contributed by atoms with E-state index in [1.807, 2.05) is 30.9 Å². The van der Waals surface area contributed by atoms with Crippen molar-refractivity contribution in [3.05, 3.63) is 35.4 Å². The second-order valence-corrected chi connectivity index (χ2v) is 4.74. The van der Waals surface area contributed by atoms with Gasteiger partial charge in [0.25, 0.3) is 0 Å². The molecule has 1 rings (SSSR count). The zero-order valence-electron chi connectivity index (χ0n) is 11.0. The third-order valence-electron chi connectivity index (χ3n) is 2.64. The van der Waals surface area contributed by atoms with Crippen molar-refractivity contribution < 1.29 is 13.2 Å². The molecular weight excluding hydrogens is 241 g/mol. The minimum Gasteiger partial charge on any atom is -0.308 e. The van der Waals surface area contributed by atoms with Gasteiger partial charge in [-0.05, 0) is 32.8 Å². The molecule has 0 aliphatic carbocycles. The third kappa shape index (κ3) is 5.06. The fourth-order valence-electron chi connectivity index (χ4n) is 1.61. The first-order valence-electron chi connectivity index (χ1n) is 5.78. The van der Waals surface area contributed by atoms with Crippen LogP contribution < -0.4 is 0 Å². The smallest absolute Gasteiger partial charge is 0.308 e. The van der Waals surface area contributed by atoms with E-state index < -0.39 is 11.7 Å². The summed E-state index contributed by atoms with van der Waals surface area (Å²) in [5, 5.41) is 0. The van der Waals surface area contributed by atoms with Gasteiger partial charge in [0, 0.05) is 19.6 Å². The van der Waals surface area contributed by atoms with Crippen LogP contribution in [0, 0.1) is 0 Å². The first kappa shape index (κ1) is 15.0. The minimum absolute atomic E-state index is 0.526. The molecule has 1 aromatic carbocycles. The molecule has 0 unspecified atom stereocenters. The Kier molecular flexibility index (Phi) is 5.16. The molecule has 2 nitrogen and oxygen atoms in total. The molecule has 0 spiro atoms. The Morgan fingerprint density at radius 2 is 1.72 bits per heavy atom. The number of alkyl halides is 3. The lowest BCUT2D eigenvalue weighted by molar-refractivity contribution is -0.137. The molecule has 0 saturated heterocycles. The van der Waals surface area contributed by atoms with Crippen LogP contribution in [-0.2, 0) is 12.7 Å². The average Bonchev–Trinajstić information content (AvgIpc) is 2.25. The molecule has 0 fully saturated rings. The Labute approximate surface area is 106 Å². The Morgan fingerprint density at radius 1 is 1.06 bits per heavy atom. The van der Waals surface area contributed by atoms with E-state index in [4.69, 9.17) is 0 Å². The summed E-state index contributed by atoms with van der Waals surface area (Å²) in [4.78, 5) is 4.05. The fourth-order valence-corrected chi connectivity index (χ4v) is 1.61. The van der Waals surface area contributed by atoms with Crippen LogP contribution in [0.15, 0.2) is 24.3 Å². The van der Waals surface area contributed by atoms with E-state index in [1.54, 1.807) is 6.07 Å². The topological polar surface area (TPSA) is 6.48 Å². The average molecular weight is 260 g/mol. The van der Waals surface area contributed by atoms with Crippen LogP contribution in [0.5, 0.6) is 0 Å². The molecule has 0 aliphatic rings. The van der Waals surface area contributed by atoms with Crippen molar-refractivity contribution in [1.82, 2.24) is 9.80 Å². The molecule has 0 N–H and O–H groups in total. The Hall–Kier alpha value is -1.07. The molecule has 0 saturated carbocycles. The third-order valence-corrected chi connectivity index (χ3v) is 2.64. The minimum atomic E-state index is -4.27. The van der Waals surface area contributed by atoms with Gasteiger partial charge in [-0.2, -0.15) is 13.2 Å². The van der Waals surface area contributed by atoms with Gasteiger partial charge in [0.15, 0.2) is 0 Å². The lowest BCUT2D eigenvalue weighted by Crippen LogP contribution is -2.28. The monoisotopic (exact) mass is 260 g/mol. The SMILES string of the molecule is CN(C)CCN(C)Cc1cccc(C(F)(F)F)c1. The highest BCUT2D eigenvalue weighted by atomic mass is 19.4. The van der Waals surface area contributed by atoms with Crippen LogP contribution in [-0.4, -0.2) is 44.0 Å². The Bertz CT molecular complexity index is 375. The van der Waals surface area contributed by atoms with E-state index in [0.717, 1.165) is 19.2 Å². The maximum Gasteiger partial charge on any atom is 0.416 e. The fraction of sp³-hybridized carbons (Fsp3) is 0.538. The largest absolute Gasteiger partial charge is 0.416 e. The second kappa shape index (κ2) is 6.20. The number of benzene rings is 1. The zero-order valence-corrected chi connectivity index (χ0v) is 11.0. The summed E-state index contributed by atoms with van der Waals surface area (Å²) < 4.78 is 37.6. The number of hydrogen-bond acceptors (Lipinski definition) is 2. The van der Waals surface area contributed by atoms with Crippen LogP contribution in [0.4, 0.5) is 13.2 Å². The van der Waals surface area contributed by atoms with E-state index in [2.05, 4.69) is 0 Å². The second-order valence-electron chi connectivity index (χ2n) is 4.74. The van der Waals surface area contributed by atoms with E-state index in [9.17, 15) is 13.2 Å². The first-order chi connectivity index (χ1) is 8.29. The van der Waals surface area contributed by atoms with Gasteiger partial charge in [-0.25, -0.2) is 0 Å². The Balaban J connectivity index is 2.62. The maximum atomic E-state index is 12.5. The van der Waals surface area contributed by atoms with Crippen LogP contribution in [0.25, 0.3) is 0 Å². The van der Waals surface area contributed by atoms with Gasteiger partial charge in [-0.15, -0.1) is 0 Å². The van der Waals surface area contributed by atoms with E-state index in [0.29, 0.717) is 12.1 Å². The van der Waals surface area contributed by atoms with Crippen molar-refractivity contribution >= 4 is 0 Å². The number of likely N-dealkylation sites (N-methyl/N-ethyl adjacent to an activating group) is 2. The summed E-state index contributed by atoms with van der Waals surface area (Å²) in [6.07, 6.45) is -4.27. The molecule has 0 radical (unpaired) electrons. The van der Waals surface area contributed by atoms with E-state index >= 15 is 0 Å². The first-order valence-corrected chi connectivity index (χ1v) is 5.78. The van der Waals surface area contributed by atoms with Crippen molar-refractivity contribution in [2.24, 2.45) is 0 Å². The van der Waals surface area contributed by atoms with Gasteiger partial charge in [-0.3, -0.25) is 0 Å². The number of halogens is 3. The molecule has 0 aliphatic heterocycles. The normalized spacial score (nSPS) is 12.4. The maximum absolute atomic E-state index is 12.5. The number of nitrogens with zero attached hydrogens (tertiary/aromatic N) is 2. The van der Waals surface area contributed by atoms with Gasteiger partial charge in [0.1, 0.15) is 0 Å². The van der Waals surface area contributed by atoms with Gasteiger partial charge >= 0.3 is 6.18 Å². The molecule has 18 heavy (non-hydrogen) atoms. The van der Waals surface area contributed by atoms with Crippen LogP contribution in [0.3, 0.4) is 0 Å². The molecule has 5 heteroatoms. The molecule has 0 bridgehead atoms. The van der Waals surface area contributed by atoms with Gasteiger partial charge in [0.2, 0.25) is 0 Å². The van der Waals surface area contributed by atoms with Crippen molar-refractivity contribution in [1.29, 1.82) is 0 Å². The molecule has 0 amide bonds. The molecule has 102 valence electrons. The molecule has 1 aromatic rings. The zero-order chi connectivity index (χ0) is 13.8. The molecule has 0 aromatic heterocycles. The molecular formula is C13H19F3N2. The van der Waals surface area contributed by atoms with Crippen LogP contribution >= 0.6 is 0 Å². The summed E-state index contributed by atoms with van der Waals surface area (Å²) in [7, 11) is 5.85. The predicted octanol–water partition coefficient (Wildman–Crippen LogP) is 2.70. The number of rotatable bonds is 5. The Morgan fingerprint density at radius 3 is 2.28 bits per heavy atom. The highest BCUT2D eigenvalue weighted by molar-refractivity contribution is 5.25. The summed E-state index contributed by atoms with van der Waals surface area (Å²) in [5.41, 5.74) is 0.104. The van der Waals surface area contributed by atoms with Crippen molar-refractivity contribution in [2.75, 3.05) is 34.2 Å². The van der Waals surface area contributed by atoms with E-state index in [-0.39, 0.29) is 0 Å². The molecule has 0 heterocycles. The lowest BCUT2D eigenvalue weighted by atomic mass is 10.1. The van der Waals surface area contributed by atoms with Crippen LogP contribution in [0.2, 0.25) is 0 Å². The van der Waals surface area contributed by atoms with Crippen molar-refractivity contribution in [3.8, 4) is 0 Å². The van der Waals surface area contributed by atoms with Gasteiger partial charge < -0.3 is 9.80 Å². The highest BCUT2D eigenvalue weighted by Crippen LogP contribution is 2.29. The summed E-state index contributed by atoms with van der Waals surface area (Å²) in [6, 6.07) is 5.49. The quantitative estimate of drug-likeness (QED) is 0.803.